The van der Waals surface area contributed by atoms with Crippen LogP contribution in [0, 0.1) is 0 Å². The SMILES string of the molecule is Nn1c(C2CCCCC2)cc(-c2cccc(CO)c2)cc1=O. The van der Waals surface area contributed by atoms with Crippen molar-refractivity contribution in [2.45, 2.75) is 44.6 Å². The van der Waals surface area contributed by atoms with Crippen molar-refractivity contribution in [2.24, 2.45) is 0 Å². The number of aliphatic hydroxyl groups is 1. The molecule has 0 saturated heterocycles. The number of hydrogen-bond acceptors (Lipinski definition) is 3. The van der Waals surface area contributed by atoms with Crippen molar-refractivity contribution in [3.05, 3.63) is 58.0 Å². The van der Waals surface area contributed by atoms with Crippen LogP contribution in [0.1, 0.15) is 49.3 Å². The van der Waals surface area contributed by atoms with Crippen LogP contribution in [0.5, 0.6) is 0 Å². The summed E-state index contributed by atoms with van der Waals surface area (Å²) in [5.74, 6) is 6.35. The van der Waals surface area contributed by atoms with Gasteiger partial charge in [-0.15, -0.1) is 0 Å². The molecule has 1 fully saturated rings. The average Bonchev–Trinajstić information content (AvgIpc) is 2.58. The lowest BCUT2D eigenvalue weighted by Crippen LogP contribution is -2.31. The second kappa shape index (κ2) is 6.36. The van der Waals surface area contributed by atoms with Crippen LogP contribution in [0.4, 0.5) is 0 Å². The lowest BCUT2D eigenvalue weighted by molar-refractivity contribution is 0.282. The van der Waals surface area contributed by atoms with Crippen molar-refractivity contribution in [1.82, 2.24) is 4.68 Å². The number of rotatable bonds is 3. The lowest BCUT2D eigenvalue weighted by Gasteiger charge is -2.24. The van der Waals surface area contributed by atoms with E-state index in [0.29, 0.717) is 5.92 Å². The minimum atomic E-state index is -0.174. The molecule has 3 N–H and O–H groups in total. The predicted molar refractivity (Wildman–Crippen MR) is 88.0 cm³/mol. The molecule has 1 aromatic carbocycles. The monoisotopic (exact) mass is 298 g/mol. The van der Waals surface area contributed by atoms with Crippen LogP contribution in [0.2, 0.25) is 0 Å². The third-order valence-electron chi connectivity index (χ3n) is 4.56. The van der Waals surface area contributed by atoms with Crippen LogP contribution in [0.25, 0.3) is 11.1 Å². The first-order chi connectivity index (χ1) is 10.7. The molecule has 1 heterocycles. The maximum Gasteiger partial charge on any atom is 0.269 e. The zero-order valence-corrected chi connectivity index (χ0v) is 12.7. The normalized spacial score (nSPS) is 15.9. The standard InChI is InChI=1S/C18H22N2O2/c19-20-17(14-6-2-1-3-7-14)10-16(11-18(20)22)15-8-4-5-13(9-15)12-21/h4-5,8-11,14,21H,1-3,6-7,12,19H2. The van der Waals surface area contributed by atoms with E-state index in [0.717, 1.165) is 35.2 Å². The molecule has 4 nitrogen and oxygen atoms in total. The van der Waals surface area contributed by atoms with Crippen LogP contribution in [-0.4, -0.2) is 9.78 Å². The fraction of sp³-hybridized carbons (Fsp3) is 0.389. The number of nitrogens with zero attached hydrogens (tertiary/aromatic N) is 1. The van der Waals surface area contributed by atoms with Gasteiger partial charge in [0.15, 0.2) is 0 Å². The van der Waals surface area contributed by atoms with Gasteiger partial charge in [-0.25, -0.2) is 4.68 Å². The number of hydrogen-bond donors (Lipinski definition) is 2. The fourth-order valence-corrected chi connectivity index (χ4v) is 3.33. The van der Waals surface area contributed by atoms with E-state index < -0.39 is 0 Å². The number of nitrogen functional groups attached to an aromatic ring is 1. The summed E-state index contributed by atoms with van der Waals surface area (Å²) in [5, 5.41) is 9.28. The zero-order chi connectivity index (χ0) is 15.5. The fourth-order valence-electron chi connectivity index (χ4n) is 3.33. The van der Waals surface area contributed by atoms with E-state index in [4.69, 9.17) is 5.84 Å². The van der Waals surface area contributed by atoms with Crippen molar-refractivity contribution in [1.29, 1.82) is 0 Å². The molecule has 116 valence electrons. The summed E-state index contributed by atoms with van der Waals surface area (Å²) in [6, 6.07) is 11.3. The maximum absolute atomic E-state index is 12.2. The van der Waals surface area contributed by atoms with Crippen LogP contribution in [0.3, 0.4) is 0 Å². The van der Waals surface area contributed by atoms with Crippen LogP contribution in [0.15, 0.2) is 41.2 Å². The highest BCUT2D eigenvalue weighted by Gasteiger charge is 2.19. The molecule has 0 radical (unpaired) electrons. The van der Waals surface area contributed by atoms with Crippen LogP contribution >= 0.6 is 0 Å². The summed E-state index contributed by atoms with van der Waals surface area (Å²) < 4.78 is 1.30. The minimum Gasteiger partial charge on any atom is -0.392 e. The zero-order valence-electron chi connectivity index (χ0n) is 12.7. The Kier molecular flexibility index (Phi) is 4.29. The maximum atomic E-state index is 12.2. The molecule has 4 heteroatoms. The molecule has 0 atom stereocenters. The molecule has 22 heavy (non-hydrogen) atoms. The molecular formula is C18H22N2O2. The van der Waals surface area contributed by atoms with Gasteiger partial charge in [0.2, 0.25) is 0 Å². The summed E-state index contributed by atoms with van der Waals surface area (Å²) in [7, 11) is 0. The van der Waals surface area contributed by atoms with E-state index in [1.165, 1.54) is 23.9 Å². The van der Waals surface area contributed by atoms with Crippen molar-refractivity contribution in [2.75, 3.05) is 5.84 Å². The quantitative estimate of drug-likeness (QED) is 0.856. The smallest absolute Gasteiger partial charge is 0.269 e. The van der Waals surface area contributed by atoms with Crippen molar-refractivity contribution in [3.8, 4) is 11.1 Å². The molecule has 1 saturated carbocycles. The second-order valence-electron chi connectivity index (χ2n) is 6.07. The molecule has 0 bridgehead atoms. The Balaban J connectivity index is 2.05. The first kappa shape index (κ1) is 14.9. The Morgan fingerprint density at radius 2 is 1.86 bits per heavy atom. The summed E-state index contributed by atoms with van der Waals surface area (Å²) in [6.07, 6.45) is 5.85. The highest BCUT2D eigenvalue weighted by molar-refractivity contribution is 5.64. The number of aliphatic hydroxyl groups excluding tert-OH is 1. The Morgan fingerprint density at radius 3 is 2.59 bits per heavy atom. The number of benzene rings is 1. The third kappa shape index (κ3) is 2.92. The molecule has 3 rings (SSSR count). The third-order valence-corrected chi connectivity index (χ3v) is 4.56. The first-order valence-electron chi connectivity index (χ1n) is 7.91. The second-order valence-corrected chi connectivity index (χ2v) is 6.07. The average molecular weight is 298 g/mol. The molecule has 0 unspecified atom stereocenters. The van der Waals surface area contributed by atoms with E-state index in [1.54, 1.807) is 6.07 Å². The Hall–Kier alpha value is -2.07. The lowest BCUT2D eigenvalue weighted by atomic mass is 9.86. The molecule has 0 aliphatic heterocycles. The molecule has 0 amide bonds. The van der Waals surface area contributed by atoms with Gasteiger partial charge in [-0.1, -0.05) is 37.5 Å². The summed E-state index contributed by atoms with van der Waals surface area (Å²) in [6.45, 7) is -0.00270. The molecular weight excluding hydrogens is 276 g/mol. The predicted octanol–water partition coefficient (Wildman–Crippen LogP) is 2.77. The molecule has 0 spiro atoms. The molecule has 2 aromatic rings. The number of nitrogens with two attached hydrogens (primary N) is 1. The Morgan fingerprint density at radius 1 is 1.09 bits per heavy atom. The highest BCUT2D eigenvalue weighted by Crippen LogP contribution is 2.33. The number of aromatic nitrogens is 1. The molecule has 1 aliphatic carbocycles. The van der Waals surface area contributed by atoms with E-state index >= 15 is 0 Å². The van der Waals surface area contributed by atoms with Gasteiger partial charge in [-0.2, -0.15) is 0 Å². The summed E-state index contributed by atoms with van der Waals surface area (Å²) >= 11 is 0. The highest BCUT2D eigenvalue weighted by atomic mass is 16.3. The molecule has 1 aliphatic rings. The van der Waals surface area contributed by atoms with Gasteiger partial charge in [0.05, 0.1) is 6.61 Å². The van der Waals surface area contributed by atoms with E-state index in [2.05, 4.69) is 0 Å². The van der Waals surface area contributed by atoms with E-state index in [9.17, 15) is 9.90 Å². The van der Waals surface area contributed by atoms with Gasteiger partial charge >= 0.3 is 0 Å². The number of pyridine rings is 1. The van der Waals surface area contributed by atoms with Crippen molar-refractivity contribution < 1.29 is 5.11 Å². The van der Waals surface area contributed by atoms with Crippen molar-refractivity contribution in [3.63, 3.8) is 0 Å². The van der Waals surface area contributed by atoms with Gasteiger partial charge in [-0.3, -0.25) is 4.79 Å². The van der Waals surface area contributed by atoms with E-state index in [-0.39, 0.29) is 12.2 Å². The van der Waals surface area contributed by atoms with Gasteiger partial charge in [0.25, 0.3) is 5.56 Å². The first-order valence-corrected chi connectivity index (χ1v) is 7.91. The summed E-state index contributed by atoms with van der Waals surface area (Å²) in [5.41, 5.74) is 3.42. The Bertz CT molecular complexity index is 715. The Labute approximate surface area is 130 Å². The summed E-state index contributed by atoms with van der Waals surface area (Å²) in [4.78, 5) is 12.2. The van der Waals surface area contributed by atoms with Crippen molar-refractivity contribution >= 4 is 0 Å². The van der Waals surface area contributed by atoms with Gasteiger partial charge < -0.3 is 10.9 Å². The van der Waals surface area contributed by atoms with Gasteiger partial charge in [0.1, 0.15) is 0 Å². The largest absolute Gasteiger partial charge is 0.392 e. The van der Waals surface area contributed by atoms with Gasteiger partial charge in [0, 0.05) is 17.7 Å². The van der Waals surface area contributed by atoms with Crippen LogP contribution < -0.4 is 11.4 Å². The van der Waals surface area contributed by atoms with E-state index in [1.807, 2.05) is 30.3 Å². The van der Waals surface area contributed by atoms with Gasteiger partial charge in [-0.05, 0) is 41.7 Å². The minimum absolute atomic E-state index is 0.00270. The van der Waals surface area contributed by atoms with Crippen LogP contribution in [-0.2, 0) is 6.61 Å². The molecule has 1 aromatic heterocycles. The topological polar surface area (TPSA) is 68.2 Å².